The molecule has 0 atom stereocenters. The molecule has 9 nitrogen and oxygen atoms in total. The Morgan fingerprint density at radius 2 is 1.90 bits per heavy atom. The van der Waals surface area contributed by atoms with Gasteiger partial charge in [0.15, 0.2) is 18.1 Å². The molecule has 0 unspecified atom stereocenters. The summed E-state index contributed by atoms with van der Waals surface area (Å²) in [6, 6.07) is 7.20. The van der Waals surface area contributed by atoms with Gasteiger partial charge in [-0.2, -0.15) is 18.4 Å². The van der Waals surface area contributed by atoms with Crippen molar-refractivity contribution in [2.24, 2.45) is 0 Å². The summed E-state index contributed by atoms with van der Waals surface area (Å²) in [5.41, 5.74) is -1.14. The number of alkyl halides is 3. The number of anilines is 1. The fourth-order valence-corrected chi connectivity index (χ4v) is 2.49. The van der Waals surface area contributed by atoms with Crippen LogP contribution in [-0.4, -0.2) is 37.3 Å². The highest BCUT2D eigenvalue weighted by Gasteiger charge is 2.29. The van der Waals surface area contributed by atoms with Crippen LogP contribution in [0.2, 0.25) is 0 Å². The molecule has 0 radical (unpaired) electrons. The average molecular weight is 439 g/mol. The van der Waals surface area contributed by atoms with E-state index in [9.17, 15) is 28.1 Å². The molecule has 31 heavy (non-hydrogen) atoms. The van der Waals surface area contributed by atoms with Gasteiger partial charge < -0.3 is 19.5 Å². The van der Waals surface area contributed by atoms with Crippen LogP contribution in [-0.2, 0) is 0 Å². The maximum atomic E-state index is 12.6. The Morgan fingerprint density at radius 1 is 1.19 bits per heavy atom. The molecule has 2 rings (SSSR count). The summed E-state index contributed by atoms with van der Waals surface area (Å²) < 4.78 is 51.9. The van der Waals surface area contributed by atoms with Gasteiger partial charge in [0.1, 0.15) is 17.4 Å². The highest BCUT2D eigenvalue weighted by Crippen LogP contribution is 2.35. The van der Waals surface area contributed by atoms with Crippen molar-refractivity contribution < 1.29 is 37.1 Å². The zero-order chi connectivity index (χ0) is 23.2. The van der Waals surface area contributed by atoms with E-state index in [1.54, 1.807) is 13.0 Å². The van der Waals surface area contributed by atoms with E-state index in [1.165, 1.54) is 13.2 Å². The molecule has 1 amide bonds. The van der Waals surface area contributed by atoms with E-state index in [2.05, 4.69) is 10.1 Å². The van der Waals surface area contributed by atoms with E-state index in [0.29, 0.717) is 0 Å². The zero-order valence-electron chi connectivity index (χ0n) is 16.3. The van der Waals surface area contributed by atoms with Crippen LogP contribution in [0.4, 0.5) is 24.5 Å². The fourth-order valence-electron chi connectivity index (χ4n) is 2.49. The molecule has 0 spiro atoms. The largest absolute Gasteiger partial charge is 0.493 e. The van der Waals surface area contributed by atoms with Gasteiger partial charge in [0.2, 0.25) is 0 Å². The number of methoxy groups -OCH3 is 1. The van der Waals surface area contributed by atoms with E-state index < -0.39 is 29.3 Å². The average Bonchev–Trinajstić information content (AvgIpc) is 2.71. The van der Waals surface area contributed by atoms with Crippen molar-refractivity contribution in [2.75, 3.05) is 25.6 Å². The molecule has 0 saturated heterocycles. The smallest absolute Gasteiger partial charge is 0.422 e. The van der Waals surface area contributed by atoms with Gasteiger partial charge in [-0.15, -0.1) is 0 Å². The predicted molar refractivity (Wildman–Crippen MR) is 101 cm³/mol. The van der Waals surface area contributed by atoms with Crippen molar-refractivity contribution >= 4 is 17.3 Å². The molecule has 0 aromatic heterocycles. The van der Waals surface area contributed by atoms with Crippen molar-refractivity contribution in [3.8, 4) is 23.3 Å². The summed E-state index contributed by atoms with van der Waals surface area (Å²) in [4.78, 5) is 23.3. The summed E-state index contributed by atoms with van der Waals surface area (Å²) >= 11 is 0. The number of nitro benzene ring substituents is 1. The highest BCUT2D eigenvalue weighted by atomic mass is 19.4. The zero-order valence-corrected chi connectivity index (χ0v) is 16.3. The molecule has 2 aromatic carbocycles. The molecule has 0 heterocycles. The number of ether oxygens (including phenoxy) is 3. The molecule has 0 bridgehead atoms. The molecule has 0 fully saturated rings. The van der Waals surface area contributed by atoms with E-state index in [4.69, 9.17) is 14.7 Å². The van der Waals surface area contributed by atoms with Crippen LogP contribution >= 0.6 is 0 Å². The number of benzene rings is 2. The number of rotatable bonds is 8. The van der Waals surface area contributed by atoms with Crippen LogP contribution in [0.5, 0.6) is 17.2 Å². The van der Waals surface area contributed by atoms with Gasteiger partial charge in [-0.3, -0.25) is 14.9 Å². The Hall–Kier alpha value is -4.01. The minimum absolute atomic E-state index is 0.0167. The Balaban J connectivity index is 2.34. The lowest BCUT2D eigenvalue weighted by Gasteiger charge is -2.13. The molecule has 0 aliphatic heterocycles. The van der Waals surface area contributed by atoms with Gasteiger partial charge >= 0.3 is 6.18 Å². The third kappa shape index (κ3) is 5.99. The lowest BCUT2D eigenvalue weighted by Crippen LogP contribution is -2.19. The Bertz CT molecular complexity index is 1030. The van der Waals surface area contributed by atoms with E-state index >= 15 is 0 Å². The van der Waals surface area contributed by atoms with Crippen LogP contribution < -0.4 is 19.5 Å². The Kier molecular flexibility index (Phi) is 7.25. The van der Waals surface area contributed by atoms with Gasteiger partial charge in [-0.05, 0) is 25.1 Å². The summed E-state index contributed by atoms with van der Waals surface area (Å²) in [5, 5.41) is 22.9. The molecule has 164 valence electrons. The molecule has 0 aliphatic rings. The monoisotopic (exact) mass is 439 g/mol. The van der Waals surface area contributed by atoms with Crippen molar-refractivity contribution in [1.29, 1.82) is 5.26 Å². The number of amides is 1. The second-order valence-electron chi connectivity index (χ2n) is 5.89. The third-order valence-corrected chi connectivity index (χ3v) is 3.77. The summed E-state index contributed by atoms with van der Waals surface area (Å²) in [6.07, 6.45) is -4.59. The maximum absolute atomic E-state index is 12.6. The number of hydrogen-bond acceptors (Lipinski definition) is 7. The lowest BCUT2D eigenvalue weighted by molar-refractivity contribution is -0.385. The number of nitriles is 1. The minimum Gasteiger partial charge on any atom is -0.493 e. The molecule has 2 aromatic rings. The summed E-state index contributed by atoms with van der Waals surface area (Å²) in [7, 11) is 1.30. The van der Waals surface area contributed by atoms with Crippen LogP contribution in [0.1, 0.15) is 22.8 Å². The standard InChI is InChI=1S/C19H16F3N3O6/c1-3-30-17-8-14(25(27)28)13(7-16(17)29-2)18(26)24-12-4-5-15(11(6-12)9-23)31-10-19(20,21)22/h4-8H,3,10H2,1-2H3,(H,24,26). The first-order chi connectivity index (χ1) is 14.6. The number of nitrogens with one attached hydrogen (secondary N) is 1. The van der Waals surface area contributed by atoms with E-state index in [0.717, 1.165) is 24.3 Å². The van der Waals surface area contributed by atoms with Crippen molar-refractivity contribution in [3.63, 3.8) is 0 Å². The number of hydrogen-bond donors (Lipinski definition) is 1. The molecular weight excluding hydrogens is 423 g/mol. The van der Waals surface area contributed by atoms with Crippen LogP contribution in [0.3, 0.4) is 0 Å². The molecular formula is C19H16F3N3O6. The quantitative estimate of drug-likeness (QED) is 0.486. The third-order valence-electron chi connectivity index (χ3n) is 3.77. The normalized spacial score (nSPS) is 10.7. The topological polar surface area (TPSA) is 124 Å². The van der Waals surface area contributed by atoms with Gasteiger partial charge in [-0.1, -0.05) is 0 Å². The van der Waals surface area contributed by atoms with Gasteiger partial charge in [-0.25, -0.2) is 0 Å². The van der Waals surface area contributed by atoms with Crippen molar-refractivity contribution in [1.82, 2.24) is 0 Å². The lowest BCUT2D eigenvalue weighted by atomic mass is 10.1. The minimum atomic E-state index is -4.59. The number of halogens is 3. The summed E-state index contributed by atoms with van der Waals surface area (Å²) in [6.45, 7) is 0.283. The number of carbonyl (C=O) groups is 1. The van der Waals surface area contributed by atoms with Crippen molar-refractivity contribution in [2.45, 2.75) is 13.1 Å². The second kappa shape index (κ2) is 9.66. The highest BCUT2D eigenvalue weighted by molar-refractivity contribution is 6.07. The Morgan fingerprint density at radius 3 is 2.45 bits per heavy atom. The van der Waals surface area contributed by atoms with Gasteiger partial charge in [0, 0.05) is 11.8 Å². The fraction of sp³-hybridized carbons (Fsp3) is 0.263. The first-order valence-electron chi connectivity index (χ1n) is 8.63. The van der Waals surface area contributed by atoms with Crippen LogP contribution in [0.25, 0.3) is 0 Å². The number of nitrogens with zero attached hydrogens (tertiary/aromatic N) is 2. The van der Waals surface area contributed by atoms with E-state index in [1.807, 2.05) is 0 Å². The van der Waals surface area contributed by atoms with E-state index in [-0.39, 0.29) is 40.7 Å². The number of nitro groups is 1. The molecule has 12 heteroatoms. The van der Waals surface area contributed by atoms with Crippen molar-refractivity contribution in [3.05, 3.63) is 51.6 Å². The van der Waals surface area contributed by atoms with Gasteiger partial charge in [0.25, 0.3) is 11.6 Å². The first kappa shape index (κ1) is 23.3. The second-order valence-corrected chi connectivity index (χ2v) is 5.89. The predicted octanol–water partition coefficient (Wildman–Crippen LogP) is 4.07. The van der Waals surface area contributed by atoms with Crippen LogP contribution in [0.15, 0.2) is 30.3 Å². The van der Waals surface area contributed by atoms with Crippen LogP contribution in [0, 0.1) is 21.4 Å². The summed E-state index contributed by atoms with van der Waals surface area (Å²) in [5.74, 6) is -1.06. The molecule has 0 aliphatic carbocycles. The molecule has 1 N–H and O–H groups in total. The molecule has 0 saturated carbocycles. The Labute approximate surface area is 174 Å². The first-order valence-corrected chi connectivity index (χ1v) is 8.63. The maximum Gasteiger partial charge on any atom is 0.422 e. The SMILES string of the molecule is CCOc1cc([N+](=O)[O-])c(C(=O)Nc2ccc(OCC(F)(F)F)c(C#N)c2)cc1OC. The van der Waals surface area contributed by atoms with Gasteiger partial charge in [0.05, 0.1) is 30.3 Å². The number of carbonyl (C=O) groups excluding carboxylic acids is 1.